The Labute approximate surface area is 345 Å². The average Bonchev–Trinajstić information content (AvgIpc) is 3.76. The van der Waals surface area contributed by atoms with Crippen molar-refractivity contribution in [2.75, 3.05) is 4.90 Å². The molecule has 282 valence electrons. The molecule has 2 nitrogen and oxygen atoms in total. The van der Waals surface area contributed by atoms with Crippen LogP contribution in [0.3, 0.4) is 0 Å². The van der Waals surface area contributed by atoms with Gasteiger partial charge in [0.25, 0.3) is 0 Å². The number of allylic oxidation sites excluding steroid dienone is 1. The van der Waals surface area contributed by atoms with Crippen LogP contribution in [-0.4, -0.2) is 0 Å². The Hall–Kier alpha value is -7.16. The van der Waals surface area contributed by atoms with Crippen LogP contribution in [0, 0.1) is 6.92 Å². The van der Waals surface area contributed by atoms with Crippen LogP contribution >= 0.6 is 0 Å². The first-order valence-corrected chi connectivity index (χ1v) is 20.6. The second-order valence-electron chi connectivity index (χ2n) is 16.5. The number of furan rings is 1. The number of hydrogen-bond donors (Lipinski definition) is 0. The topological polar surface area (TPSA) is 16.4 Å². The molecule has 0 atom stereocenters. The summed E-state index contributed by atoms with van der Waals surface area (Å²) in [5, 5.41) is 7.10. The van der Waals surface area contributed by atoms with E-state index < -0.39 is 0 Å². The van der Waals surface area contributed by atoms with Crippen LogP contribution < -0.4 is 4.90 Å². The molecule has 0 bridgehead atoms. The number of benzene rings is 9. The zero-order valence-electron chi connectivity index (χ0n) is 33.8. The van der Waals surface area contributed by atoms with E-state index in [-0.39, 0.29) is 5.41 Å². The molecule has 11 rings (SSSR count). The minimum absolute atomic E-state index is 0.129. The van der Waals surface area contributed by atoms with E-state index in [1.165, 1.54) is 60.7 Å². The number of fused-ring (bicyclic) bond motifs is 9. The third-order valence-corrected chi connectivity index (χ3v) is 12.7. The van der Waals surface area contributed by atoms with E-state index in [1.807, 2.05) is 0 Å². The lowest BCUT2D eigenvalue weighted by atomic mass is 9.82. The van der Waals surface area contributed by atoms with Gasteiger partial charge in [0.2, 0.25) is 0 Å². The van der Waals surface area contributed by atoms with Crippen molar-refractivity contribution in [1.29, 1.82) is 0 Å². The second-order valence-corrected chi connectivity index (χ2v) is 16.5. The summed E-state index contributed by atoms with van der Waals surface area (Å²) in [6.45, 7) is 8.98. The fraction of sp³-hybridized carbons (Fsp3) is 0.0877. The maximum atomic E-state index is 6.54. The third-order valence-electron chi connectivity index (χ3n) is 12.7. The SMILES string of the molecule is C/C=C\c1c(C)ccc2cc(-c3ccc(N(c4ccc5c(c4)C(C)(C)c4ccccc4-5)c4ccccc4-c4ccc5oc6c7ccccc7ccc6c5c4)cc3)ccc12. The molecule has 1 aliphatic rings. The number of para-hydroxylation sites is 1. The van der Waals surface area contributed by atoms with Crippen LogP contribution in [-0.2, 0) is 5.41 Å². The zero-order chi connectivity index (χ0) is 39.8. The number of aryl methyl sites for hydroxylation is 1. The number of rotatable bonds is 6. The zero-order valence-corrected chi connectivity index (χ0v) is 33.8. The molecule has 0 saturated carbocycles. The summed E-state index contributed by atoms with van der Waals surface area (Å²) >= 11 is 0. The summed E-state index contributed by atoms with van der Waals surface area (Å²) in [7, 11) is 0. The normalized spacial score (nSPS) is 13.2. The first kappa shape index (κ1) is 35.0. The highest BCUT2D eigenvalue weighted by atomic mass is 16.3. The lowest BCUT2D eigenvalue weighted by molar-refractivity contribution is 0.660. The molecule has 0 aliphatic heterocycles. The van der Waals surface area contributed by atoms with Gasteiger partial charge >= 0.3 is 0 Å². The van der Waals surface area contributed by atoms with Crippen molar-refractivity contribution in [3.05, 3.63) is 204 Å². The molecule has 9 aromatic carbocycles. The van der Waals surface area contributed by atoms with Gasteiger partial charge in [0, 0.05) is 38.5 Å². The molecule has 59 heavy (non-hydrogen) atoms. The predicted octanol–water partition coefficient (Wildman–Crippen LogP) is 16.3. The van der Waals surface area contributed by atoms with Crippen LogP contribution in [0.1, 0.15) is 43.0 Å². The van der Waals surface area contributed by atoms with Crippen molar-refractivity contribution in [2.24, 2.45) is 0 Å². The molecule has 0 unspecified atom stereocenters. The highest BCUT2D eigenvalue weighted by Crippen LogP contribution is 2.51. The minimum Gasteiger partial charge on any atom is -0.455 e. The van der Waals surface area contributed by atoms with E-state index >= 15 is 0 Å². The highest BCUT2D eigenvalue weighted by Gasteiger charge is 2.36. The number of anilines is 3. The molecule has 1 heterocycles. The maximum Gasteiger partial charge on any atom is 0.143 e. The van der Waals surface area contributed by atoms with E-state index in [0.29, 0.717) is 0 Å². The Morgan fingerprint density at radius 1 is 0.492 bits per heavy atom. The molecule has 0 radical (unpaired) electrons. The fourth-order valence-electron chi connectivity index (χ4n) is 9.68. The number of nitrogens with zero attached hydrogens (tertiary/aromatic N) is 1. The number of hydrogen-bond acceptors (Lipinski definition) is 2. The smallest absolute Gasteiger partial charge is 0.143 e. The summed E-state index contributed by atoms with van der Waals surface area (Å²) in [6.07, 6.45) is 4.34. The summed E-state index contributed by atoms with van der Waals surface area (Å²) in [5.74, 6) is 0. The second kappa shape index (κ2) is 13.5. The van der Waals surface area contributed by atoms with Gasteiger partial charge in [-0.3, -0.25) is 0 Å². The maximum absolute atomic E-state index is 6.54. The van der Waals surface area contributed by atoms with Crippen LogP contribution in [0.25, 0.3) is 82.9 Å². The molecule has 0 fully saturated rings. The first-order chi connectivity index (χ1) is 28.9. The van der Waals surface area contributed by atoms with Gasteiger partial charge in [0.1, 0.15) is 11.2 Å². The van der Waals surface area contributed by atoms with Crippen molar-refractivity contribution in [3.8, 4) is 33.4 Å². The van der Waals surface area contributed by atoms with Crippen molar-refractivity contribution in [3.63, 3.8) is 0 Å². The Balaban J connectivity index is 1.07. The van der Waals surface area contributed by atoms with E-state index in [1.54, 1.807) is 0 Å². The van der Waals surface area contributed by atoms with E-state index in [9.17, 15) is 0 Å². The molecular weight excluding hydrogens is 715 g/mol. The van der Waals surface area contributed by atoms with E-state index in [2.05, 4.69) is 221 Å². The minimum atomic E-state index is -0.129. The molecule has 0 saturated heterocycles. The Morgan fingerprint density at radius 2 is 1.19 bits per heavy atom. The standard InChI is InChI=1S/C57H43NO/c1-5-12-44-36(2)19-20-40-33-39(24-29-45(40)44)37-21-26-42(27-22-37)58(43-28-31-49-48-16-8-10-17-52(48)57(3,4)53(49)35-43)54-18-11-9-14-46(54)41-25-32-55-51(34-41)50-30-23-38-13-6-7-15-47(38)56(50)59-55/h5-35H,1-4H3/b12-5-. The van der Waals surface area contributed by atoms with Crippen molar-refractivity contribution >= 4 is 66.6 Å². The summed E-state index contributed by atoms with van der Waals surface area (Å²) in [5.41, 5.74) is 17.7. The molecule has 2 heteroatoms. The molecule has 10 aromatic rings. The van der Waals surface area contributed by atoms with Gasteiger partial charge < -0.3 is 9.32 Å². The van der Waals surface area contributed by atoms with Gasteiger partial charge in [0.15, 0.2) is 0 Å². The average molecular weight is 758 g/mol. The van der Waals surface area contributed by atoms with Crippen LogP contribution in [0.5, 0.6) is 0 Å². The molecular formula is C57H43NO. The Morgan fingerprint density at radius 3 is 2.05 bits per heavy atom. The van der Waals surface area contributed by atoms with Gasteiger partial charge in [-0.15, -0.1) is 0 Å². The molecule has 0 amide bonds. The Bertz CT molecular complexity index is 3320. The fourth-order valence-corrected chi connectivity index (χ4v) is 9.68. The molecule has 0 N–H and O–H groups in total. The van der Waals surface area contributed by atoms with Gasteiger partial charge in [-0.1, -0.05) is 147 Å². The van der Waals surface area contributed by atoms with Gasteiger partial charge in [-0.2, -0.15) is 0 Å². The van der Waals surface area contributed by atoms with Crippen molar-refractivity contribution in [2.45, 2.75) is 33.1 Å². The summed E-state index contributed by atoms with van der Waals surface area (Å²) < 4.78 is 6.54. The van der Waals surface area contributed by atoms with Crippen molar-refractivity contribution in [1.82, 2.24) is 0 Å². The van der Waals surface area contributed by atoms with Gasteiger partial charge in [-0.05, 0) is 135 Å². The largest absolute Gasteiger partial charge is 0.455 e. The lowest BCUT2D eigenvalue weighted by Gasteiger charge is -2.30. The lowest BCUT2D eigenvalue weighted by Crippen LogP contribution is -2.16. The monoisotopic (exact) mass is 757 g/mol. The molecule has 1 aliphatic carbocycles. The van der Waals surface area contributed by atoms with Crippen LogP contribution in [0.15, 0.2) is 186 Å². The Kier molecular flexibility index (Phi) is 8.00. The summed E-state index contributed by atoms with van der Waals surface area (Å²) in [4.78, 5) is 2.44. The third kappa shape index (κ3) is 5.55. The van der Waals surface area contributed by atoms with E-state index in [0.717, 1.165) is 55.5 Å². The first-order valence-electron chi connectivity index (χ1n) is 20.6. The van der Waals surface area contributed by atoms with Crippen LogP contribution in [0.2, 0.25) is 0 Å². The molecule has 1 aromatic heterocycles. The molecule has 0 spiro atoms. The van der Waals surface area contributed by atoms with Gasteiger partial charge in [0.05, 0.1) is 5.69 Å². The quantitative estimate of drug-likeness (QED) is 0.168. The van der Waals surface area contributed by atoms with Crippen LogP contribution in [0.4, 0.5) is 17.1 Å². The highest BCUT2D eigenvalue weighted by molar-refractivity contribution is 6.15. The van der Waals surface area contributed by atoms with E-state index in [4.69, 9.17) is 4.42 Å². The van der Waals surface area contributed by atoms with Crippen molar-refractivity contribution < 1.29 is 4.42 Å². The predicted molar refractivity (Wildman–Crippen MR) is 251 cm³/mol. The van der Waals surface area contributed by atoms with Gasteiger partial charge in [-0.25, -0.2) is 0 Å². The summed E-state index contributed by atoms with van der Waals surface area (Å²) in [6, 6.07) is 64.7.